The molecule has 0 saturated carbocycles. The first-order chi connectivity index (χ1) is 9.90. The molecule has 1 aromatic carbocycles. The van der Waals surface area contributed by atoms with Gasteiger partial charge >= 0.3 is 0 Å². The van der Waals surface area contributed by atoms with E-state index in [-0.39, 0.29) is 10.8 Å². The van der Waals surface area contributed by atoms with Gasteiger partial charge in [0, 0.05) is 13.5 Å². The molecule has 3 N–H and O–H groups in total. The van der Waals surface area contributed by atoms with Gasteiger partial charge in [0.25, 0.3) is 0 Å². The molecule has 0 radical (unpaired) electrons. The first-order valence-corrected chi connectivity index (χ1v) is 7.99. The standard InChI is InChI=1S/C13H21N3O4S/c1-10(17)16-12-9-11(5-6-13(12)20-3)21(18,19)15-8-4-7-14-2/h5-6,9,14-15H,4,7-8H2,1-3H3,(H,16,17). The molecule has 8 heteroatoms. The fourth-order valence-corrected chi connectivity index (χ4v) is 2.80. The van der Waals surface area contributed by atoms with Crippen LogP contribution in [0.15, 0.2) is 23.1 Å². The lowest BCUT2D eigenvalue weighted by Gasteiger charge is -2.12. The number of carbonyl (C=O) groups is 1. The third kappa shape index (κ3) is 5.33. The maximum Gasteiger partial charge on any atom is 0.240 e. The molecule has 0 aliphatic heterocycles. The molecule has 0 aromatic heterocycles. The number of hydrogen-bond donors (Lipinski definition) is 3. The predicted octanol–water partition coefficient (Wildman–Crippen LogP) is 0.541. The SMILES string of the molecule is CNCCCNS(=O)(=O)c1ccc(OC)c(NC(C)=O)c1. The molecule has 7 nitrogen and oxygen atoms in total. The van der Waals surface area contributed by atoms with Crippen LogP contribution in [0.1, 0.15) is 13.3 Å². The molecular formula is C13H21N3O4S. The number of amides is 1. The highest BCUT2D eigenvalue weighted by atomic mass is 32.2. The van der Waals surface area contributed by atoms with Crippen molar-refractivity contribution in [2.45, 2.75) is 18.2 Å². The summed E-state index contributed by atoms with van der Waals surface area (Å²) in [4.78, 5) is 11.2. The number of carbonyl (C=O) groups excluding carboxylic acids is 1. The molecule has 0 heterocycles. The molecule has 0 fully saturated rings. The van der Waals surface area contributed by atoms with Crippen LogP contribution >= 0.6 is 0 Å². The van der Waals surface area contributed by atoms with E-state index in [1.807, 2.05) is 0 Å². The van der Waals surface area contributed by atoms with E-state index in [9.17, 15) is 13.2 Å². The van der Waals surface area contributed by atoms with Gasteiger partial charge in [-0.05, 0) is 38.2 Å². The number of benzene rings is 1. The highest BCUT2D eigenvalue weighted by Crippen LogP contribution is 2.27. The maximum atomic E-state index is 12.1. The Labute approximate surface area is 125 Å². The molecule has 1 aromatic rings. The zero-order valence-corrected chi connectivity index (χ0v) is 13.2. The third-order valence-electron chi connectivity index (χ3n) is 2.69. The highest BCUT2D eigenvalue weighted by Gasteiger charge is 2.16. The average molecular weight is 315 g/mol. The smallest absolute Gasteiger partial charge is 0.240 e. The van der Waals surface area contributed by atoms with Crippen molar-refractivity contribution in [3.63, 3.8) is 0 Å². The van der Waals surface area contributed by atoms with Gasteiger partial charge in [-0.1, -0.05) is 0 Å². The van der Waals surface area contributed by atoms with E-state index < -0.39 is 10.0 Å². The Morgan fingerprint density at radius 2 is 2.00 bits per heavy atom. The topological polar surface area (TPSA) is 96.5 Å². The zero-order chi connectivity index (χ0) is 15.9. The van der Waals surface area contributed by atoms with Gasteiger partial charge < -0.3 is 15.4 Å². The normalized spacial score (nSPS) is 11.2. The van der Waals surface area contributed by atoms with Crippen molar-refractivity contribution in [2.75, 3.05) is 32.6 Å². The molecule has 0 spiro atoms. The Kier molecular flexibility index (Phi) is 6.60. The Morgan fingerprint density at radius 1 is 1.29 bits per heavy atom. The molecule has 0 unspecified atom stereocenters. The van der Waals surface area contributed by atoms with Crippen molar-refractivity contribution < 1.29 is 17.9 Å². The summed E-state index contributed by atoms with van der Waals surface area (Å²) in [7, 11) is -0.356. The molecule has 1 amide bonds. The quantitative estimate of drug-likeness (QED) is 0.609. The molecule has 21 heavy (non-hydrogen) atoms. The number of sulfonamides is 1. The lowest BCUT2D eigenvalue weighted by molar-refractivity contribution is -0.114. The summed E-state index contributed by atoms with van der Waals surface area (Å²) >= 11 is 0. The van der Waals surface area contributed by atoms with Gasteiger partial charge in [-0.2, -0.15) is 0 Å². The van der Waals surface area contributed by atoms with E-state index in [1.165, 1.54) is 32.2 Å². The van der Waals surface area contributed by atoms with Crippen molar-refractivity contribution in [1.29, 1.82) is 0 Å². The summed E-state index contributed by atoms with van der Waals surface area (Å²) in [5, 5.41) is 5.49. The van der Waals surface area contributed by atoms with Crippen LogP contribution < -0.4 is 20.1 Å². The molecule has 118 valence electrons. The van der Waals surface area contributed by atoms with Crippen LogP contribution in [0.4, 0.5) is 5.69 Å². The second-order valence-corrected chi connectivity index (χ2v) is 6.17. The summed E-state index contributed by atoms with van der Waals surface area (Å²) in [5.74, 6) is 0.101. The lowest BCUT2D eigenvalue weighted by Crippen LogP contribution is -2.27. The van der Waals surface area contributed by atoms with Gasteiger partial charge in [-0.15, -0.1) is 0 Å². The minimum Gasteiger partial charge on any atom is -0.495 e. The van der Waals surface area contributed by atoms with Gasteiger partial charge in [-0.3, -0.25) is 4.79 Å². The van der Waals surface area contributed by atoms with Gasteiger partial charge in [0.15, 0.2) is 0 Å². The van der Waals surface area contributed by atoms with Crippen molar-refractivity contribution >= 4 is 21.6 Å². The Hall–Kier alpha value is -1.64. The Morgan fingerprint density at radius 3 is 2.57 bits per heavy atom. The van der Waals surface area contributed by atoms with E-state index in [0.717, 1.165) is 6.54 Å². The van der Waals surface area contributed by atoms with Crippen molar-refractivity contribution in [3.8, 4) is 5.75 Å². The molecule has 0 aliphatic carbocycles. The molecule has 0 bridgehead atoms. The van der Waals surface area contributed by atoms with Crippen molar-refractivity contribution in [3.05, 3.63) is 18.2 Å². The fourth-order valence-electron chi connectivity index (χ4n) is 1.70. The van der Waals surface area contributed by atoms with E-state index >= 15 is 0 Å². The lowest BCUT2D eigenvalue weighted by atomic mass is 10.3. The molecular weight excluding hydrogens is 294 g/mol. The number of ether oxygens (including phenoxy) is 1. The highest BCUT2D eigenvalue weighted by molar-refractivity contribution is 7.89. The number of hydrogen-bond acceptors (Lipinski definition) is 5. The van der Waals surface area contributed by atoms with Crippen molar-refractivity contribution in [1.82, 2.24) is 10.0 Å². The fraction of sp³-hybridized carbons (Fsp3) is 0.462. The number of rotatable bonds is 8. The van der Waals surface area contributed by atoms with Crippen LogP contribution in [-0.4, -0.2) is 41.6 Å². The molecule has 0 atom stereocenters. The first kappa shape index (κ1) is 17.4. The molecule has 1 rings (SSSR count). The van der Waals surface area contributed by atoms with E-state index in [4.69, 9.17) is 4.74 Å². The monoisotopic (exact) mass is 315 g/mol. The Bertz CT molecular complexity index is 587. The third-order valence-corrected chi connectivity index (χ3v) is 4.15. The van der Waals surface area contributed by atoms with Gasteiger partial charge in [0.05, 0.1) is 17.7 Å². The van der Waals surface area contributed by atoms with Crippen molar-refractivity contribution in [2.24, 2.45) is 0 Å². The van der Waals surface area contributed by atoms with E-state index in [2.05, 4.69) is 15.4 Å². The molecule has 0 aliphatic rings. The summed E-state index contributed by atoms with van der Waals surface area (Å²) in [6, 6.07) is 4.32. The molecule has 0 saturated heterocycles. The van der Waals surface area contributed by atoms with Gasteiger partial charge in [0.1, 0.15) is 5.75 Å². The maximum absolute atomic E-state index is 12.1. The average Bonchev–Trinajstić information content (AvgIpc) is 2.43. The van der Waals surface area contributed by atoms with Crippen LogP contribution in [0.25, 0.3) is 0 Å². The number of methoxy groups -OCH3 is 1. The van der Waals surface area contributed by atoms with Crippen LogP contribution in [-0.2, 0) is 14.8 Å². The number of nitrogens with one attached hydrogen (secondary N) is 3. The predicted molar refractivity (Wildman–Crippen MR) is 81.0 cm³/mol. The summed E-state index contributed by atoms with van der Waals surface area (Å²) < 4.78 is 31.9. The summed E-state index contributed by atoms with van der Waals surface area (Å²) in [6.45, 7) is 2.41. The van der Waals surface area contributed by atoms with Crippen LogP contribution in [0, 0.1) is 0 Å². The van der Waals surface area contributed by atoms with Gasteiger partial charge in [-0.25, -0.2) is 13.1 Å². The zero-order valence-electron chi connectivity index (χ0n) is 12.4. The summed E-state index contributed by atoms with van der Waals surface area (Å²) in [5.41, 5.74) is 0.322. The first-order valence-electron chi connectivity index (χ1n) is 6.50. The Balaban J connectivity index is 2.93. The van der Waals surface area contributed by atoms with E-state index in [0.29, 0.717) is 24.4 Å². The van der Waals surface area contributed by atoms with E-state index in [1.54, 1.807) is 7.05 Å². The number of anilines is 1. The second kappa shape index (κ2) is 7.96. The summed E-state index contributed by atoms with van der Waals surface area (Å²) in [6.07, 6.45) is 0.685. The van der Waals surface area contributed by atoms with Crippen LogP contribution in [0.2, 0.25) is 0 Å². The van der Waals surface area contributed by atoms with Crippen LogP contribution in [0.5, 0.6) is 5.75 Å². The van der Waals surface area contributed by atoms with Gasteiger partial charge in [0.2, 0.25) is 15.9 Å². The minimum absolute atomic E-state index is 0.0801. The largest absolute Gasteiger partial charge is 0.495 e. The second-order valence-electron chi connectivity index (χ2n) is 4.40. The minimum atomic E-state index is -3.61. The van der Waals surface area contributed by atoms with Crippen LogP contribution in [0.3, 0.4) is 0 Å².